The van der Waals surface area contributed by atoms with Gasteiger partial charge in [0.15, 0.2) is 0 Å². The van der Waals surface area contributed by atoms with Gasteiger partial charge in [-0.2, -0.15) is 0 Å². The van der Waals surface area contributed by atoms with Gasteiger partial charge >= 0.3 is 0 Å². The second kappa shape index (κ2) is 5.83. The predicted octanol–water partition coefficient (Wildman–Crippen LogP) is 1.97. The second-order valence-electron chi connectivity index (χ2n) is 4.40. The van der Waals surface area contributed by atoms with Gasteiger partial charge in [0.05, 0.1) is 6.04 Å². The van der Waals surface area contributed by atoms with Gasteiger partial charge in [-0.05, 0) is 29.7 Å². The molecule has 7 nitrogen and oxygen atoms in total. The van der Waals surface area contributed by atoms with Gasteiger partial charge in [-0.3, -0.25) is 0 Å². The molecule has 0 bridgehead atoms. The molecule has 0 aromatic carbocycles. The van der Waals surface area contributed by atoms with Crippen molar-refractivity contribution in [2.45, 2.75) is 43.1 Å². The van der Waals surface area contributed by atoms with E-state index in [1.807, 2.05) is 4.68 Å². The summed E-state index contributed by atoms with van der Waals surface area (Å²) in [6, 6.07) is 0.503. The Hall–Kier alpha value is -1.22. The van der Waals surface area contributed by atoms with E-state index >= 15 is 0 Å². The van der Waals surface area contributed by atoms with E-state index in [-0.39, 0.29) is 0 Å². The summed E-state index contributed by atoms with van der Waals surface area (Å²) in [5.74, 6) is 0.746. The number of thioether (sulfide) groups is 1. The lowest BCUT2D eigenvalue weighted by molar-refractivity contribution is 0.565. The van der Waals surface area contributed by atoms with Crippen molar-refractivity contribution in [3.8, 4) is 0 Å². The van der Waals surface area contributed by atoms with Crippen molar-refractivity contribution < 1.29 is 0 Å². The molecule has 0 radical (unpaired) electrons. The number of rotatable bonds is 7. The lowest BCUT2D eigenvalue weighted by atomic mass is 10.4. The lowest BCUT2D eigenvalue weighted by Crippen LogP contribution is -2.01. The van der Waals surface area contributed by atoms with Crippen molar-refractivity contribution in [3.63, 3.8) is 0 Å². The third kappa shape index (κ3) is 3.03. The molecule has 0 atom stereocenters. The Balaban J connectivity index is 1.62. The van der Waals surface area contributed by atoms with Crippen molar-refractivity contribution in [3.05, 3.63) is 5.69 Å². The van der Waals surface area contributed by atoms with Crippen LogP contribution in [0.5, 0.6) is 0 Å². The normalized spacial score (nSPS) is 14.8. The van der Waals surface area contributed by atoms with Crippen molar-refractivity contribution in [2.75, 3.05) is 11.9 Å². The van der Waals surface area contributed by atoms with Crippen molar-refractivity contribution in [1.82, 2.24) is 29.8 Å². The summed E-state index contributed by atoms with van der Waals surface area (Å²) >= 11 is 3.02. The molecular formula is C10H15N7S2. The summed E-state index contributed by atoms with van der Waals surface area (Å²) in [5, 5.41) is 21.3. The van der Waals surface area contributed by atoms with Crippen LogP contribution >= 0.6 is 23.3 Å². The second-order valence-corrected chi connectivity index (χ2v) is 6.10. The van der Waals surface area contributed by atoms with Crippen LogP contribution in [0.3, 0.4) is 0 Å². The first-order valence-corrected chi connectivity index (χ1v) is 8.10. The van der Waals surface area contributed by atoms with Crippen LogP contribution in [-0.4, -0.2) is 36.3 Å². The molecule has 19 heavy (non-hydrogen) atoms. The Bertz CT molecular complexity index is 533. The highest BCUT2D eigenvalue weighted by atomic mass is 32.2. The van der Waals surface area contributed by atoms with Crippen LogP contribution in [0.1, 0.15) is 37.9 Å². The average molecular weight is 297 g/mol. The van der Waals surface area contributed by atoms with Crippen LogP contribution in [0.4, 0.5) is 5.00 Å². The van der Waals surface area contributed by atoms with Gasteiger partial charge in [-0.15, -0.1) is 10.2 Å². The van der Waals surface area contributed by atoms with E-state index in [9.17, 15) is 0 Å². The molecular weight excluding hydrogens is 282 g/mol. The highest BCUT2D eigenvalue weighted by Gasteiger charge is 2.28. The number of anilines is 1. The molecule has 3 rings (SSSR count). The molecule has 0 saturated heterocycles. The number of aromatic nitrogens is 6. The molecule has 2 aromatic heterocycles. The standard InChI is InChI=1S/C10H15N7S2/c1-2-5-11-9-8(12-16-19-9)6-18-10-13-14-15-17(10)7-3-4-7/h7,11H,2-6H2,1H3. The van der Waals surface area contributed by atoms with Crippen molar-refractivity contribution in [2.24, 2.45) is 0 Å². The zero-order valence-corrected chi connectivity index (χ0v) is 12.2. The fourth-order valence-electron chi connectivity index (χ4n) is 1.64. The topological polar surface area (TPSA) is 81.4 Å². The Morgan fingerprint density at radius 1 is 1.42 bits per heavy atom. The maximum absolute atomic E-state index is 4.17. The molecule has 1 aliphatic rings. The van der Waals surface area contributed by atoms with Gasteiger partial charge in [0.25, 0.3) is 0 Å². The van der Waals surface area contributed by atoms with E-state index in [2.05, 4.69) is 37.4 Å². The third-order valence-electron chi connectivity index (χ3n) is 2.78. The molecule has 102 valence electrons. The van der Waals surface area contributed by atoms with Crippen LogP contribution in [0.2, 0.25) is 0 Å². The maximum Gasteiger partial charge on any atom is 0.209 e. The lowest BCUT2D eigenvalue weighted by Gasteiger charge is -2.03. The Morgan fingerprint density at radius 3 is 3.11 bits per heavy atom. The quantitative estimate of drug-likeness (QED) is 0.782. The summed E-state index contributed by atoms with van der Waals surface area (Å²) < 4.78 is 5.92. The molecule has 1 saturated carbocycles. The maximum atomic E-state index is 4.17. The fraction of sp³-hybridized carbons (Fsp3) is 0.700. The summed E-state index contributed by atoms with van der Waals surface area (Å²) in [6.45, 7) is 3.08. The molecule has 0 unspecified atom stereocenters. The first-order valence-electron chi connectivity index (χ1n) is 6.34. The van der Waals surface area contributed by atoms with Crippen molar-refractivity contribution >= 4 is 28.3 Å². The van der Waals surface area contributed by atoms with E-state index in [0.717, 1.165) is 34.6 Å². The fourth-order valence-corrected chi connectivity index (χ4v) is 3.21. The van der Waals surface area contributed by atoms with Crippen LogP contribution in [0, 0.1) is 0 Å². The molecule has 0 amide bonds. The number of hydrogen-bond acceptors (Lipinski definition) is 8. The van der Waals surface area contributed by atoms with E-state index < -0.39 is 0 Å². The highest BCUT2D eigenvalue weighted by molar-refractivity contribution is 7.98. The number of nitrogens with one attached hydrogen (secondary N) is 1. The van der Waals surface area contributed by atoms with Gasteiger partial charge in [0.2, 0.25) is 5.16 Å². The van der Waals surface area contributed by atoms with Crippen molar-refractivity contribution in [1.29, 1.82) is 0 Å². The van der Waals surface area contributed by atoms with Gasteiger partial charge in [-0.25, -0.2) is 4.68 Å². The third-order valence-corrected chi connectivity index (χ3v) is 4.46. The summed E-state index contributed by atoms with van der Waals surface area (Å²) in [4.78, 5) is 0. The summed E-state index contributed by atoms with van der Waals surface area (Å²) in [7, 11) is 0. The molecule has 1 N–H and O–H groups in total. The number of nitrogens with zero attached hydrogens (tertiary/aromatic N) is 6. The smallest absolute Gasteiger partial charge is 0.209 e. The Kier molecular flexibility index (Phi) is 3.92. The molecule has 1 aliphatic carbocycles. The van der Waals surface area contributed by atoms with E-state index in [1.165, 1.54) is 24.4 Å². The molecule has 0 aliphatic heterocycles. The number of hydrogen-bond donors (Lipinski definition) is 1. The van der Waals surface area contributed by atoms with Crippen LogP contribution in [0.15, 0.2) is 5.16 Å². The minimum absolute atomic E-state index is 0.503. The largest absolute Gasteiger partial charge is 0.374 e. The zero-order chi connectivity index (χ0) is 13.1. The van der Waals surface area contributed by atoms with E-state index in [1.54, 1.807) is 11.8 Å². The highest BCUT2D eigenvalue weighted by Crippen LogP contribution is 2.37. The van der Waals surface area contributed by atoms with Crippen LogP contribution < -0.4 is 5.32 Å². The summed E-state index contributed by atoms with van der Waals surface area (Å²) in [5.41, 5.74) is 0.980. The molecule has 0 spiro atoms. The molecule has 1 fully saturated rings. The SMILES string of the molecule is CCCNc1snnc1CSc1nnnn1C1CC1. The van der Waals surface area contributed by atoms with Gasteiger partial charge in [0.1, 0.15) is 10.7 Å². The summed E-state index contributed by atoms with van der Waals surface area (Å²) in [6.07, 6.45) is 3.45. The van der Waals surface area contributed by atoms with Crippen LogP contribution in [0.25, 0.3) is 0 Å². The van der Waals surface area contributed by atoms with Crippen LogP contribution in [-0.2, 0) is 5.75 Å². The molecule has 2 heterocycles. The minimum Gasteiger partial charge on any atom is -0.374 e. The Morgan fingerprint density at radius 2 is 2.32 bits per heavy atom. The number of tetrazole rings is 1. The van der Waals surface area contributed by atoms with Gasteiger partial charge in [0, 0.05) is 23.8 Å². The predicted molar refractivity (Wildman–Crippen MR) is 74.3 cm³/mol. The first kappa shape index (κ1) is 12.8. The monoisotopic (exact) mass is 297 g/mol. The van der Waals surface area contributed by atoms with Gasteiger partial charge < -0.3 is 5.32 Å². The minimum atomic E-state index is 0.503. The first-order chi connectivity index (χ1) is 9.38. The molecule has 2 aromatic rings. The Labute approximate surface area is 119 Å². The zero-order valence-electron chi connectivity index (χ0n) is 10.6. The van der Waals surface area contributed by atoms with Gasteiger partial charge in [-0.1, -0.05) is 23.2 Å². The average Bonchev–Trinajstić information content (AvgIpc) is 3.00. The van der Waals surface area contributed by atoms with E-state index in [0.29, 0.717) is 6.04 Å². The van der Waals surface area contributed by atoms with E-state index in [4.69, 9.17) is 0 Å². The molecule has 9 heteroatoms.